The quantitative estimate of drug-likeness (QED) is 0.593. The number of urea groups is 1. The lowest BCUT2D eigenvalue weighted by atomic mass is 9.64. The van der Waals surface area contributed by atoms with Gasteiger partial charge in [0.1, 0.15) is 24.3 Å². The number of nitrogens with one attached hydrogen (secondary N) is 2. The van der Waals surface area contributed by atoms with Gasteiger partial charge in [-0.15, -0.1) is 10.2 Å². The Morgan fingerprint density at radius 3 is 3.03 bits per heavy atom. The van der Waals surface area contributed by atoms with Crippen LogP contribution in [0, 0.1) is 11.7 Å². The Bertz CT molecular complexity index is 1150. The molecule has 0 spiro atoms. The summed E-state index contributed by atoms with van der Waals surface area (Å²) in [6.45, 7) is 2.32. The summed E-state index contributed by atoms with van der Waals surface area (Å²) >= 11 is 6.17. The Morgan fingerprint density at radius 2 is 2.28 bits per heavy atom. The minimum absolute atomic E-state index is 0.000584. The molecule has 32 heavy (non-hydrogen) atoms. The van der Waals surface area contributed by atoms with Crippen LogP contribution >= 0.6 is 11.6 Å². The molecule has 1 aliphatic heterocycles. The molecular formula is C20H21ClFN7O3. The smallest absolute Gasteiger partial charge is 0.323 e. The SMILES string of the molecule is COCc1nnc(C23CC(C)CC(C2)N3C(=O)Nc2cc(-c3ncn[nH]3)c(Cl)cc2F)o1. The molecule has 12 heteroatoms. The molecular weight excluding hydrogens is 441 g/mol. The van der Waals surface area contributed by atoms with Crippen molar-refractivity contribution >= 4 is 23.3 Å². The zero-order valence-electron chi connectivity index (χ0n) is 17.4. The third-order valence-corrected chi connectivity index (χ3v) is 6.39. The fourth-order valence-electron chi connectivity index (χ4n) is 4.91. The second kappa shape index (κ2) is 7.82. The molecule has 168 valence electrons. The molecule has 10 nitrogen and oxygen atoms in total. The van der Waals surface area contributed by atoms with Crippen LogP contribution in [0.1, 0.15) is 38.0 Å². The molecule has 2 aromatic heterocycles. The number of benzene rings is 1. The number of likely N-dealkylation sites (tertiary alicyclic amines) is 1. The highest BCUT2D eigenvalue weighted by Crippen LogP contribution is 2.55. The van der Waals surface area contributed by atoms with E-state index in [0.717, 1.165) is 12.5 Å². The van der Waals surface area contributed by atoms with Gasteiger partial charge >= 0.3 is 6.03 Å². The largest absolute Gasteiger partial charge is 0.420 e. The summed E-state index contributed by atoms with van der Waals surface area (Å²) in [5, 5.41) is 17.5. The Kier molecular flexibility index (Phi) is 5.09. The van der Waals surface area contributed by atoms with Crippen molar-refractivity contribution in [3.05, 3.63) is 41.1 Å². The van der Waals surface area contributed by atoms with Gasteiger partial charge in [0.2, 0.25) is 11.8 Å². The first-order valence-corrected chi connectivity index (χ1v) is 10.6. The van der Waals surface area contributed by atoms with Crippen molar-refractivity contribution in [2.75, 3.05) is 12.4 Å². The number of hydrogen-bond donors (Lipinski definition) is 2. The van der Waals surface area contributed by atoms with Crippen molar-refractivity contribution in [1.29, 1.82) is 0 Å². The van der Waals surface area contributed by atoms with Crippen LogP contribution in [0.5, 0.6) is 0 Å². The lowest BCUT2D eigenvalue weighted by Gasteiger charge is -2.61. The van der Waals surface area contributed by atoms with E-state index in [9.17, 15) is 9.18 Å². The van der Waals surface area contributed by atoms with Gasteiger partial charge in [-0.2, -0.15) is 5.10 Å². The highest BCUT2D eigenvalue weighted by atomic mass is 35.5. The highest BCUT2D eigenvalue weighted by molar-refractivity contribution is 6.33. The number of amides is 2. The number of H-pyrrole nitrogens is 1. The number of nitrogens with zero attached hydrogens (tertiary/aromatic N) is 5. The summed E-state index contributed by atoms with van der Waals surface area (Å²) in [7, 11) is 1.54. The van der Waals surface area contributed by atoms with E-state index in [1.807, 2.05) is 0 Å². The van der Waals surface area contributed by atoms with Crippen molar-refractivity contribution in [1.82, 2.24) is 30.3 Å². The number of carbonyl (C=O) groups is 1. The Morgan fingerprint density at radius 1 is 1.44 bits per heavy atom. The summed E-state index contributed by atoms with van der Waals surface area (Å²) in [5.41, 5.74) is -0.305. The van der Waals surface area contributed by atoms with Crippen molar-refractivity contribution in [3.63, 3.8) is 0 Å². The number of carbonyl (C=O) groups excluding carboxylic acids is 1. The van der Waals surface area contributed by atoms with Crippen LogP contribution in [0.25, 0.3) is 11.4 Å². The maximum atomic E-state index is 14.7. The molecule has 2 bridgehead atoms. The zero-order chi connectivity index (χ0) is 22.5. The first-order valence-electron chi connectivity index (χ1n) is 10.2. The van der Waals surface area contributed by atoms with Gasteiger partial charge in [-0.1, -0.05) is 18.5 Å². The van der Waals surface area contributed by atoms with Crippen molar-refractivity contribution in [2.45, 2.75) is 44.4 Å². The number of anilines is 1. The van der Waals surface area contributed by atoms with Crippen molar-refractivity contribution in [3.8, 4) is 11.4 Å². The second-order valence-electron chi connectivity index (χ2n) is 8.31. The van der Waals surface area contributed by atoms with E-state index in [1.54, 1.807) is 4.90 Å². The van der Waals surface area contributed by atoms with Gasteiger partial charge in [-0.25, -0.2) is 14.2 Å². The van der Waals surface area contributed by atoms with E-state index < -0.39 is 17.4 Å². The topological polar surface area (TPSA) is 122 Å². The molecule has 1 aliphatic carbocycles. The number of ether oxygens (including phenoxy) is 1. The molecule has 1 saturated carbocycles. The van der Waals surface area contributed by atoms with E-state index in [-0.39, 0.29) is 23.4 Å². The average Bonchev–Trinajstić information content (AvgIpc) is 3.42. The van der Waals surface area contributed by atoms with Gasteiger partial charge in [-0.3, -0.25) is 5.10 Å². The van der Waals surface area contributed by atoms with Crippen LogP contribution in [0.4, 0.5) is 14.9 Å². The summed E-state index contributed by atoms with van der Waals surface area (Å²) in [6.07, 6.45) is 3.56. The minimum Gasteiger partial charge on any atom is -0.420 e. The summed E-state index contributed by atoms with van der Waals surface area (Å²) in [5.74, 6) is 0.815. The number of aromatic nitrogens is 5. The first kappa shape index (κ1) is 20.8. The number of methoxy groups -OCH3 is 1. The fourth-order valence-corrected chi connectivity index (χ4v) is 5.15. The Hall–Kier alpha value is -3.05. The number of rotatable bonds is 5. The third kappa shape index (κ3) is 3.32. The van der Waals surface area contributed by atoms with Crippen molar-refractivity contribution < 1.29 is 18.3 Å². The summed E-state index contributed by atoms with van der Waals surface area (Å²) < 4.78 is 25.5. The van der Waals surface area contributed by atoms with Crippen LogP contribution in [-0.4, -0.2) is 49.5 Å². The maximum absolute atomic E-state index is 14.7. The van der Waals surface area contributed by atoms with E-state index in [1.165, 1.54) is 19.5 Å². The zero-order valence-corrected chi connectivity index (χ0v) is 18.2. The molecule has 3 unspecified atom stereocenters. The molecule has 3 atom stereocenters. The van der Waals surface area contributed by atoms with E-state index in [2.05, 4.69) is 37.6 Å². The number of fused-ring (bicyclic) bond motifs is 2. The molecule has 2 aliphatic rings. The van der Waals surface area contributed by atoms with Crippen molar-refractivity contribution in [2.24, 2.45) is 5.92 Å². The number of aromatic amines is 1. The van der Waals surface area contributed by atoms with Crippen LogP contribution in [0.3, 0.4) is 0 Å². The lowest BCUT2D eigenvalue weighted by Crippen LogP contribution is -2.70. The number of halogens is 2. The normalized spacial score (nSPS) is 24.3. The van der Waals surface area contributed by atoms with Crippen LogP contribution in [-0.2, 0) is 16.9 Å². The molecule has 0 radical (unpaired) electrons. The molecule has 3 aromatic rings. The fraction of sp³-hybridized carbons (Fsp3) is 0.450. The predicted octanol–water partition coefficient (Wildman–Crippen LogP) is 3.73. The Labute approximate surface area is 187 Å². The van der Waals surface area contributed by atoms with Gasteiger partial charge in [-0.05, 0) is 30.9 Å². The second-order valence-corrected chi connectivity index (χ2v) is 8.72. The van der Waals surface area contributed by atoms with E-state index >= 15 is 0 Å². The van der Waals surface area contributed by atoms with Gasteiger partial charge < -0.3 is 19.4 Å². The van der Waals surface area contributed by atoms with Crippen LogP contribution in [0.2, 0.25) is 5.02 Å². The molecule has 1 aromatic carbocycles. The number of hydrogen-bond acceptors (Lipinski definition) is 7. The number of piperidine rings is 1. The average molecular weight is 462 g/mol. The van der Waals surface area contributed by atoms with E-state index in [0.29, 0.717) is 41.9 Å². The predicted molar refractivity (Wildman–Crippen MR) is 111 cm³/mol. The first-order chi connectivity index (χ1) is 15.4. The standard InChI is InChI=1S/C20H21ClFN7O3/c1-10-3-11-7-20(6-10,18-28-26-16(32-18)8-31-2)29(11)19(30)25-15-4-12(13(21)5-14(15)22)17-23-9-24-27-17/h4-5,9-11H,3,6-8H2,1-2H3,(H,25,30)(H,23,24,27). The molecule has 2 fully saturated rings. The van der Waals surface area contributed by atoms with Gasteiger partial charge in [0.05, 0.1) is 10.7 Å². The molecule has 1 saturated heterocycles. The lowest BCUT2D eigenvalue weighted by molar-refractivity contribution is -0.110. The minimum atomic E-state index is -0.720. The summed E-state index contributed by atoms with van der Waals surface area (Å²) in [4.78, 5) is 19.1. The van der Waals surface area contributed by atoms with Gasteiger partial charge in [0, 0.05) is 25.1 Å². The third-order valence-electron chi connectivity index (χ3n) is 6.08. The molecule has 5 rings (SSSR count). The van der Waals surface area contributed by atoms with Crippen LogP contribution < -0.4 is 5.32 Å². The van der Waals surface area contributed by atoms with Crippen LogP contribution in [0.15, 0.2) is 22.9 Å². The van der Waals surface area contributed by atoms with E-state index in [4.69, 9.17) is 20.8 Å². The molecule has 2 N–H and O–H groups in total. The van der Waals surface area contributed by atoms with Gasteiger partial charge in [0.25, 0.3) is 0 Å². The maximum Gasteiger partial charge on any atom is 0.323 e. The molecule has 2 amide bonds. The highest BCUT2D eigenvalue weighted by Gasteiger charge is 2.62. The van der Waals surface area contributed by atoms with Gasteiger partial charge in [0.15, 0.2) is 5.82 Å². The summed E-state index contributed by atoms with van der Waals surface area (Å²) in [6, 6.07) is 2.13. The molecule has 3 heterocycles. The monoisotopic (exact) mass is 461 g/mol. The Balaban J connectivity index is 1.44.